The Bertz CT molecular complexity index is 1520. The molecule has 1 aliphatic carbocycles. The van der Waals surface area contributed by atoms with E-state index in [2.05, 4.69) is 15.1 Å². The van der Waals surface area contributed by atoms with Crippen LogP contribution in [-0.4, -0.2) is 63.7 Å². The standard InChI is InChI=1S/C31H35FN6O4S/c1-19-15-22(18-34-25(19)33-5)37-27(40)31(11-6-12-31)38(28(37)43)21-7-8-23(24(32)16-21)26(39)35-17-20-9-13-36(14-10-20)29(41)42-30(2,3)4/h7-8,15-16,18,20H,6,9-14,17H2,1-4H3,(H,35,39). The Morgan fingerprint density at radius 1 is 1.21 bits per heavy atom. The second-order valence-corrected chi connectivity index (χ2v) is 12.7. The number of rotatable bonds is 5. The fourth-order valence-corrected chi connectivity index (χ4v) is 6.27. The van der Waals surface area contributed by atoms with Crippen LogP contribution < -0.4 is 15.1 Å². The fraction of sp³-hybridized carbons (Fsp3) is 0.484. The minimum Gasteiger partial charge on any atom is -0.444 e. The van der Waals surface area contributed by atoms with E-state index in [1.54, 1.807) is 28.9 Å². The summed E-state index contributed by atoms with van der Waals surface area (Å²) in [6, 6.07) is 5.99. The molecule has 5 rings (SSSR count). The molecule has 1 N–H and O–H groups in total. The zero-order valence-corrected chi connectivity index (χ0v) is 25.6. The van der Waals surface area contributed by atoms with Gasteiger partial charge in [-0.05, 0) is 108 Å². The van der Waals surface area contributed by atoms with Gasteiger partial charge in [-0.25, -0.2) is 9.18 Å². The first kappa shape index (κ1) is 30.4. The zero-order valence-electron chi connectivity index (χ0n) is 24.8. The van der Waals surface area contributed by atoms with Crippen molar-refractivity contribution in [1.82, 2.24) is 15.2 Å². The maximum Gasteiger partial charge on any atom is 0.410 e. The van der Waals surface area contributed by atoms with Crippen molar-refractivity contribution in [2.45, 2.75) is 70.9 Å². The predicted octanol–water partition coefficient (Wildman–Crippen LogP) is 5.52. The Balaban J connectivity index is 1.25. The lowest BCUT2D eigenvalue weighted by molar-refractivity contribution is -0.123. The minimum atomic E-state index is -0.923. The number of carbonyl (C=O) groups is 3. The molecule has 1 aromatic carbocycles. The minimum absolute atomic E-state index is 0.0968. The van der Waals surface area contributed by atoms with Crippen molar-refractivity contribution >= 4 is 52.4 Å². The van der Waals surface area contributed by atoms with Gasteiger partial charge in [0.2, 0.25) is 0 Å². The van der Waals surface area contributed by atoms with Crippen LogP contribution in [0.4, 0.5) is 26.4 Å². The van der Waals surface area contributed by atoms with Gasteiger partial charge in [-0.2, -0.15) is 0 Å². The summed E-state index contributed by atoms with van der Waals surface area (Å²) in [6.07, 6.45) is 4.47. The molecule has 3 amide bonds. The first-order chi connectivity index (χ1) is 20.3. The van der Waals surface area contributed by atoms with Gasteiger partial charge >= 0.3 is 6.09 Å². The largest absolute Gasteiger partial charge is 0.444 e. The number of hydrogen-bond donors (Lipinski definition) is 1. The van der Waals surface area contributed by atoms with Crippen LogP contribution in [0.25, 0.3) is 4.85 Å². The molecule has 1 saturated carbocycles. The number of amides is 3. The van der Waals surface area contributed by atoms with Gasteiger partial charge in [0.1, 0.15) is 23.2 Å². The molecule has 2 saturated heterocycles. The Labute approximate surface area is 256 Å². The number of hydrogen-bond acceptors (Lipinski definition) is 6. The highest BCUT2D eigenvalue weighted by molar-refractivity contribution is 7.81. The lowest BCUT2D eigenvalue weighted by Crippen LogP contribution is -2.55. The number of aryl methyl sites for hydroxylation is 1. The van der Waals surface area contributed by atoms with Crippen LogP contribution in [0, 0.1) is 25.2 Å². The molecule has 2 aliphatic heterocycles. The number of pyridine rings is 1. The Morgan fingerprint density at radius 3 is 2.47 bits per heavy atom. The maximum absolute atomic E-state index is 15.4. The molecule has 226 valence electrons. The number of aromatic nitrogens is 1. The van der Waals surface area contributed by atoms with Crippen molar-refractivity contribution in [2.24, 2.45) is 5.92 Å². The normalized spacial score (nSPS) is 18.5. The van der Waals surface area contributed by atoms with Gasteiger partial charge in [0.05, 0.1) is 11.3 Å². The summed E-state index contributed by atoms with van der Waals surface area (Å²) in [6.45, 7) is 15.9. The predicted molar refractivity (Wildman–Crippen MR) is 164 cm³/mol. The number of nitrogens with one attached hydrogen (secondary N) is 1. The molecule has 3 heterocycles. The molecule has 1 spiro atoms. The van der Waals surface area contributed by atoms with E-state index < -0.39 is 22.9 Å². The van der Waals surface area contributed by atoms with Crippen molar-refractivity contribution in [3.05, 3.63) is 58.8 Å². The third-order valence-corrected chi connectivity index (χ3v) is 8.63. The summed E-state index contributed by atoms with van der Waals surface area (Å²) in [4.78, 5) is 51.3. The summed E-state index contributed by atoms with van der Waals surface area (Å²) in [5.74, 6) is -1.04. The second-order valence-electron chi connectivity index (χ2n) is 12.4. The first-order valence-electron chi connectivity index (χ1n) is 14.4. The molecule has 43 heavy (non-hydrogen) atoms. The SMILES string of the molecule is [C-]#[N+]c1ncc(N2C(=O)C3(CCC3)N(c3ccc(C(=O)NCC4CCN(C(=O)OC(C)(C)C)CC4)c(F)c3)C2=S)cc1C. The quantitative estimate of drug-likeness (QED) is 0.354. The highest BCUT2D eigenvalue weighted by Crippen LogP contribution is 2.48. The third-order valence-electron chi connectivity index (χ3n) is 8.27. The summed E-state index contributed by atoms with van der Waals surface area (Å²) < 4.78 is 20.9. The number of carbonyl (C=O) groups excluding carboxylic acids is 3. The molecular weight excluding hydrogens is 571 g/mol. The third kappa shape index (κ3) is 5.78. The molecule has 10 nitrogen and oxygen atoms in total. The average molecular weight is 607 g/mol. The number of nitrogens with zero attached hydrogens (tertiary/aromatic N) is 5. The summed E-state index contributed by atoms with van der Waals surface area (Å²) in [7, 11) is 0. The molecule has 0 radical (unpaired) electrons. The molecule has 2 aromatic rings. The Morgan fingerprint density at radius 2 is 1.91 bits per heavy atom. The van der Waals surface area contributed by atoms with E-state index in [4.69, 9.17) is 23.5 Å². The van der Waals surface area contributed by atoms with Gasteiger partial charge in [-0.1, -0.05) is 6.57 Å². The molecule has 3 aliphatic rings. The smallest absolute Gasteiger partial charge is 0.410 e. The number of ether oxygens (including phenoxy) is 1. The number of halogens is 1. The average Bonchev–Trinajstić information content (AvgIpc) is 3.17. The lowest BCUT2D eigenvalue weighted by Gasteiger charge is -2.43. The molecule has 0 atom stereocenters. The zero-order chi connectivity index (χ0) is 31.1. The van der Waals surface area contributed by atoms with Crippen molar-refractivity contribution < 1.29 is 23.5 Å². The van der Waals surface area contributed by atoms with Crippen LogP contribution >= 0.6 is 12.2 Å². The van der Waals surface area contributed by atoms with Gasteiger partial charge in [0.15, 0.2) is 5.11 Å². The van der Waals surface area contributed by atoms with Crippen molar-refractivity contribution in [2.75, 3.05) is 29.4 Å². The van der Waals surface area contributed by atoms with Crippen LogP contribution in [0.5, 0.6) is 0 Å². The van der Waals surface area contributed by atoms with E-state index in [1.807, 2.05) is 20.8 Å². The van der Waals surface area contributed by atoms with E-state index in [0.717, 1.165) is 6.42 Å². The molecular formula is C31H35FN6O4S. The molecule has 1 aromatic heterocycles. The molecule has 12 heteroatoms. The molecule has 0 bridgehead atoms. The van der Waals surface area contributed by atoms with Gasteiger partial charge in [-0.3, -0.25) is 14.5 Å². The van der Waals surface area contributed by atoms with Crippen LogP contribution in [0.1, 0.15) is 68.8 Å². The van der Waals surface area contributed by atoms with E-state index in [9.17, 15) is 14.4 Å². The number of likely N-dealkylation sites (tertiary alicyclic amines) is 1. The van der Waals surface area contributed by atoms with Gasteiger partial charge in [0, 0.05) is 25.3 Å². The van der Waals surface area contributed by atoms with Crippen LogP contribution in [-0.2, 0) is 9.53 Å². The van der Waals surface area contributed by atoms with Gasteiger partial charge < -0.3 is 24.7 Å². The number of thiocarbonyl (C=S) groups is 1. The van der Waals surface area contributed by atoms with Gasteiger partial charge in [-0.15, -0.1) is 4.98 Å². The van der Waals surface area contributed by atoms with Crippen LogP contribution in [0.15, 0.2) is 30.5 Å². The maximum atomic E-state index is 15.4. The Kier molecular flexibility index (Phi) is 8.13. The van der Waals surface area contributed by atoms with Crippen LogP contribution in [0.3, 0.4) is 0 Å². The van der Waals surface area contributed by atoms with E-state index in [-0.39, 0.29) is 34.4 Å². The summed E-state index contributed by atoms with van der Waals surface area (Å²) in [5.41, 5.74) is -0.0985. The summed E-state index contributed by atoms with van der Waals surface area (Å²) >= 11 is 5.76. The monoisotopic (exact) mass is 606 g/mol. The highest BCUT2D eigenvalue weighted by Gasteiger charge is 2.59. The lowest BCUT2D eigenvalue weighted by atomic mass is 9.75. The first-order valence-corrected chi connectivity index (χ1v) is 14.8. The molecule has 3 fully saturated rings. The van der Waals surface area contributed by atoms with Gasteiger partial charge in [0.25, 0.3) is 17.6 Å². The van der Waals surface area contributed by atoms with Crippen molar-refractivity contribution in [3.63, 3.8) is 0 Å². The van der Waals surface area contributed by atoms with Crippen LogP contribution in [0.2, 0.25) is 0 Å². The van der Waals surface area contributed by atoms with E-state index >= 15 is 4.39 Å². The topological polar surface area (TPSA) is 99.4 Å². The number of piperidine rings is 1. The summed E-state index contributed by atoms with van der Waals surface area (Å²) in [5, 5.41) is 3.04. The molecule has 0 unspecified atom stereocenters. The Hall–Kier alpha value is -4.11. The second kappa shape index (κ2) is 11.5. The van der Waals surface area contributed by atoms with E-state index in [0.29, 0.717) is 62.3 Å². The number of benzene rings is 1. The van der Waals surface area contributed by atoms with Crippen molar-refractivity contribution in [3.8, 4) is 0 Å². The number of anilines is 2. The fourth-order valence-electron chi connectivity index (χ4n) is 5.81. The van der Waals surface area contributed by atoms with E-state index in [1.165, 1.54) is 23.2 Å². The van der Waals surface area contributed by atoms with Crippen molar-refractivity contribution in [1.29, 1.82) is 0 Å². The highest BCUT2D eigenvalue weighted by atomic mass is 32.1.